The number of carbonyl (C=O) groups excluding carboxylic acids is 1. The molecule has 0 heterocycles. The van der Waals surface area contributed by atoms with Crippen LogP contribution in [0.15, 0.2) is 0 Å². The Morgan fingerprint density at radius 3 is 2.08 bits per heavy atom. The van der Waals surface area contributed by atoms with Crippen molar-refractivity contribution in [3.05, 3.63) is 0 Å². The lowest BCUT2D eigenvalue weighted by Crippen LogP contribution is -2.34. The van der Waals surface area contributed by atoms with Crippen molar-refractivity contribution < 1.29 is 9.90 Å². The second kappa shape index (κ2) is 4.75. The van der Waals surface area contributed by atoms with Crippen LogP contribution in [0.5, 0.6) is 0 Å². The van der Waals surface area contributed by atoms with Crippen LogP contribution in [0.2, 0.25) is 0 Å². The number of aliphatic hydroxyl groups is 1. The van der Waals surface area contributed by atoms with E-state index >= 15 is 0 Å². The van der Waals surface area contributed by atoms with E-state index in [0.717, 1.165) is 0 Å². The summed E-state index contributed by atoms with van der Waals surface area (Å²) in [6.45, 7) is 9.63. The molecule has 1 N–H and O–H groups in total. The Morgan fingerprint density at radius 1 is 1.31 bits per heavy atom. The average Bonchev–Trinajstić information content (AvgIpc) is 1.82. The van der Waals surface area contributed by atoms with Crippen LogP contribution in [0.1, 0.15) is 47.5 Å². The highest BCUT2D eigenvalue weighted by Crippen LogP contribution is 2.21. The number of carbonyl (C=O) groups is 1. The summed E-state index contributed by atoms with van der Waals surface area (Å²) in [5.41, 5.74) is -0.841. The molecule has 0 rings (SSSR count). The van der Waals surface area contributed by atoms with Gasteiger partial charge in [-0.05, 0) is 18.8 Å². The van der Waals surface area contributed by atoms with Gasteiger partial charge in [-0.1, -0.05) is 27.7 Å². The fourth-order valence-corrected chi connectivity index (χ4v) is 1.13. The van der Waals surface area contributed by atoms with E-state index in [1.165, 1.54) is 0 Å². The van der Waals surface area contributed by atoms with Gasteiger partial charge in [-0.15, -0.1) is 0 Å². The van der Waals surface area contributed by atoms with Crippen LogP contribution in [0.4, 0.5) is 0 Å². The molecule has 0 spiro atoms. The highest BCUT2D eigenvalue weighted by molar-refractivity contribution is 5.79. The molecule has 2 heteroatoms. The molecule has 13 heavy (non-hydrogen) atoms. The molecule has 0 saturated heterocycles. The maximum absolute atomic E-state index is 11.4. The lowest BCUT2D eigenvalue weighted by atomic mass is 9.86. The van der Waals surface area contributed by atoms with E-state index < -0.39 is 5.60 Å². The summed E-state index contributed by atoms with van der Waals surface area (Å²) in [6.07, 6.45) is 0.853. The molecule has 0 radical (unpaired) electrons. The monoisotopic (exact) mass is 186 g/mol. The van der Waals surface area contributed by atoms with Gasteiger partial charge in [0, 0.05) is 12.8 Å². The third kappa shape index (κ3) is 5.04. The topological polar surface area (TPSA) is 37.3 Å². The molecule has 0 aliphatic rings. The van der Waals surface area contributed by atoms with Gasteiger partial charge in [0.25, 0.3) is 0 Å². The fraction of sp³-hybridized carbons (Fsp3) is 0.909. The van der Waals surface area contributed by atoms with Crippen molar-refractivity contribution >= 4 is 5.78 Å². The Bertz CT molecular complexity index is 169. The zero-order valence-corrected chi connectivity index (χ0v) is 9.42. The Hall–Kier alpha value is -0.370. The molecule has 1 unspecified atom stereocenters. The molecule has 0 aliphatic carbocycles. The first-order valence-corrected chi connectivity index (χ1v) is 4.99. The predicted molar refractivity (Wildman–Crippen MR) is 54.5 cm³/mol. The maximum Gasteiger partial charge on any atom is 0.136 e. The molecule has 0 aromatic heterocycles. The first-order chi connectivity index (χ1) is 5.75. The van der Waals surface area contributed by atoms with Crippen LogP contribution < -0.4 is 0 Å². The lowest BCUT2D eigenvalue weighted by molar-refractivity contribution is -0.125. The van der Waals surface area contributed by atoms with Crippen LogP contribution >= 0.6 is 0 Å². The Balaban J connectivity index is 4.05. The summed E-state index contributed by atoms with van der Waals surface area (Å²) >= 11 is 0. The minimum atomic E-state index is -0.841. The number of Topliss-reactive ketones (excluding diaryl/α,β-unsaturated/α-hetero) is 1. The van der Waals surface area contributed by atoms with Gasteiger partial charge in [-0.2, -0.15) is 0 Å². The maximum atomic E-state index is 11.4. The molecular weight excluding hydrogens is 164 g/mol. The minimum absolute atomic E-state index is 0.128. The van der Waals surface area contributed by atoms with Gasteiger partial charge < -0.3 is 5.11 Å². The van der Waals surface area contributed by atoms with Gasteiger partial charge in [-0.25, -0.2) is 0 Å². The van der Waals surface area contributed by atoms with E-state index in [0.29, 0.717) is 12.3 Å². The lowest BCUT2D eigenvalue weighted by Gasteiger charge is -2.27. The highest BCUT2D eigenvalue weighted by atomic mass is 16.3. The van der Waals surface area contributed by atoms with E-state index in [9.17, 15) is 9.90 Å². The summed E-state index contributed by atoms with van der Waals surface area (Å²) in [6, 6.07) is 0. The van der Waals surface area contributed by atoms with Gasteiger partial charge in [-0.3, -0.25) is 4.79 Å². The van der Waals surface area contributed by atoms with Crippen molar-refractivity contribution in [1.82, 2.24) is 0 Å². The third-order valence-electron chi connectivity index (χ3n) is 2.43. The molecule has 0 amide bonds. The molecule has 0 aliphatic heterocycles. The van der Waals surface area contributed by atoms with Gasteiger partial charge in [0.05, 0.1) is 5.60 Å². The Morgan fingerprint density at radius 2 is 1.77 bits per heavy atom. The van der Waals surface area contributed by atoms with Crippen LogP contribution in [0.25, 0.3) is 0 Å². The van der Waals surface area contributed by atoms with Crippen molar-refractivity contribution in [2.45, 2.75) is 53.1 Å². The van der Waals surface area contributed by atoms with E-state index in [1.807, 2.05) is 27.7 Å². The smallest absolute Gasteiger partial charge is 0.136 e. The predicted octanol–water partition coefficient (Wildman–Crippen LogP) is 2.40. The van der Waals surface area contributed by atoms with Crippen LogP contribution in [-0.2, 0) is 4.79 Å². The molecule has 0 fully saturated rings. The zero-order chi connectivity index (χ0) is 10.6. The first kappa shape index (κ1) is 12.6. The second-order valence-electron chi connectivity index (χ2n) is 4.83. The number of ketones is 1. The zero-order valence-electron chi connectivity index (χ0n) is 9.42. The molecule has 2 nitrogen and oxygen atoms in total. The molecule has 0 aromatic rings. The Kier molecular flexibility index (Phi) is 4.62. The largest absolute Gasteiger partial charge is 0.389 e. The second-order valence-corrected chi connectivity index (χ2v) is 4.83. The number of hydrogen-bond acceptors (Lipinski definition) is 2. The van der Waals surface area contributed by atoms with Gasteiger partial charge >= 0.3 is 0 Å². The third-order valence-corrected chi connectivity index (χ3v) is 2.43. The summed E-state index contributed by atoms with van der Waals surface area (Å²) in [5, 5.41) is 9.85. The molecule has 1 atom stereocenters. The molecular formula is C11H22O2. The summed E-state index contributed by atoms with van der Waals surface area (Å²) < 4.78 is 0. The normalized spacial score (nSPS) is 16.3. The Labute approximate surface area is 81.3 Å². The van der Waals surface area contributed by atoms with Crippen molar-refractivity contribution in [1.29, 1.82) is 0 Å². The van der Waals surface area contributed by atoms with E-state index in [2.05, 4.69) is 0 Å². The average molecular weight is 186 g/mol. The van der Waals surface area contributed by atoms with Crippen molar-refractivity contribution in [3.8, 4) is 0 Å². The van der Waals surface area contributed by atoms with Crippen LogP contribution in [-0.4, -0.2) is 16.5 Å². The van der Waals surface area contributed by atoms with Gasteiger partial charge in [0.2, 0.25) is 0 Å². The summed E-state index contributed by atoms with van der Waals surface area (Å²) in [7, 11) is 0. The number of rotatable bonds is 5. The van der Waals surface area contributed by atoms with E-state index in [-0.39, 0.29) is 18.1 Å². The molecule has 0 aromatic carbocycles. The van der Waals surface area contributed by atoms with Gasteiger partial charge in [0.15, 0.2) is 0 Å². The van der Waals surface area contributed by atoms with Crippen LogP contribution in [0, 0.1) is 11.8 Å². The van der Waals surface area contributed by atoms with Gasteiger partial charge in [0.1, 0.15) is 5.78 Å². The van der Waals surface area contributed by atoms with E-state index in [4.69, 9.17) is 0 Å². The fourth-order valence-electron chi connectivity index (χ4n) is 1.13. The van der Waals surface area contributed by atoms with Crippen LogP contribution in [0.3, 0.4) is 0 Å². The summed E-state index contributed by atoms with van der Waals surface area (Å²) in [5.74, 6) is 0.674. The van der Waals surface area contributed by atoms with Crippen molar-refractivity contribution in [3.63, 3.8) is 0 Å². The SMILES string of the molecule is CC(C)CC(=O)CC(C)(O)C(C)C. The van der Waals surface area contributed by atoms with Crippen molar-refractivity contribution in [2.24, 2.45) is 11.8 Å². The minimum Gasteiger partial charge on any atom is -0.389 e. The standard InChI is InChI=1S/C11H22O2/c1-8(2)6-10(12)7-11(5,13)9(3)4/h8-9,13H,6-7H2,1-5H3. The summed E-state index contributed by atoms with van der Waals surface area (Å²) in [4.78, 5) is 11.4. The highest BCUT2D eigenvalue weighted by Gasteiger charge is 2.27. The van der Waals surface area contributed by atoms with Crippen molar-refractivity contribution in [2.75, 3.05) is 0 Å². The molecule has 0 saturated carbocycles. The van der Waals surface area contributed by atoms with E-state index in [1.54, 1.807) is 6.92 Å². The molecule has 78 valence electrons. The quantitative estimate of drug-likeness (QED) is 0.716. The first-order valence-electron chi connectivity index (χ1n) is 4.99. The number of hydrogen-bond donors (Lipinski definition) is 1. The molecule has 0 bridgehead atoms.